The number of fused-ring (bicyclic) bond motifs is 1. The van der Waals surface area contributed by atoms with Gasteiger partial charge in [0.15, 0.2) is 0 Å². The average molecular weight is 679 g/mol. The van der Waals surface area contributed by atoms with Gasteiger partial charge in [0.1, 0.15) is 17.8 Å². The lowest BCUT2D eigenvalue weighted by molar-refractivity contribution is -0.146. The van der Waals surface area contributed by atoms with Crippen LogP contribution in [0.4, 0.5) is 5.69 Å². The van der Waals surface area contributed by atoms with E-state index in [1.807, 2.05) is 0 Å². The maximum Gasteiger partial charge on any atom is 0.336 e. The van der Waals surface area contributed by atoms with E-state index in [9.17, 15) is 29.1 Å². The average Bonchev–Trinajstić information content (AvgIpc) is 3.07. The molecule has 3 aromatic rings. The Morgan fingerprint density at radius 1 is 0.958 bits per heavy atom. The van der Waals surface area contributed by atoms with Crippen molar-refractivity contribution in [1.29, 1.82) is 0 Å². The first-order valence-electron chi connectivity index (χ1n) is 17.4. The van der Waals surface area contributed by atoms with Crippen molar-refractivity contribution >= 4 is 52.3 Å². The van der Waals surface area contributed by atoms with Crippen molar-refractivity contribution in [2.45, 2.75) is 103 Å². The molecule has 1 aliphatic rings. The zero-order valence-electron chi connectivity index (χ0n) is 27.8. The van der Waals surface area contributed by atoms with Gasteiger partial charge in [-0.2, -0.15) is 0 Å². The normalized spacial score (nSPS) is 15.3. The number of unbranched alkanes of at least 4 members (excludes halogenated alkanes) is 10. The first-order valence-corrected chi connectivity index (χ1v) is 17.7. The van der Waals surface area contributed by atoms with Crippen molar-refractivity contribution in [1.82, 2.24) is 4.90 Å². The lowest BCUT2D eigenvalue weighted by atomic mass is 9.93. The van der Waals surface area contributed by atoms with Crippen LogP contribution >= 0.6 is 11.6 Å². The fraction of sp³-hybridized carbons (Fsp3) is 0.500. The van der Waals surface area contributed by atoms with Gasteiger partial charge in [-0.05, 0) is 43.0 Å². The smallest absolute Gasteiger partial charge is 0.336 e. The van der Waals surface area contributed by atoms with Crippen molar-refractivity contribution in [3.8, 4) is 11.1 Å². The van der Waals surface area contributed by atoms with E-state index in [2.05, 4.69) is 12.2 Å². The number of amides is 2. The molecule has 2 atom stereocenters. The van der Waals surface area contributed by atoms with Crippen LogP contribution in [0.5, 0.6) is 0 Å². The Kier molecular flexibility index (Phi) is 14.2. The summed E-state index contributed by atoms with van der Waals surface area (Å²) in [4.78, 5) is 63.4. The van der Waals surface area contributed by atoms with Gasteiger partial charge in [-0.1, -0.05) is 101 Å². The second kappa shape index (κ2) is 18.5. The molecule has 2 aromatic carbocycles. The molecule has 4 rings (SSSR count). The molecule has 258 valence electrons. The standard InChI is InChI=1S/C38H47ClN2O7/c1-2-3-4-5-6-7-8-9-10-11-12-15-35(43)40-28-17-19-29(33(39)22-28)31-23-36(44)48-34-21-26(16-18-30(31)34)32(25-42)37(45)41-20-13-14-27(24-41)38(46)47/h16-19,21-23,25,27,32H,2-15,20,24H2,1H3,(H,40,43)(H,46,47)/t27-,32-/m0/s1. The van der Waals surface area contributed by atoms with Crippen molar-refractivity contribution in [2.24, 2.45) is 5.92 Å². The van der Waals surface area contributed by atoms with Gasteiger partial charge in [0.25, 0.3) is 0 Å². The number of hydrogen-bond donors (Lipinski definition) is 2. The van der Waals surface area contributed by atoms with E-state index in [1.165, 1.54) is 68.4 Å². The lowest BCUT2D eigenvalue weighted by Crippen LogP contribution is -2.44. The number of rotatable bonds is 18. The number of nitrogens with one attached hydrogen (secondary N) is 1. The number of carbonyl (C=O) groups is 4. The number of carboxylic acids is 1. The number of nitrogens with zero attached hydrogens (tertiary/aromatic N) is 1. The van der Waals surface area contributed by atoms with Crippen LogP contribution in [0, 0.1) is 5.92 Å². The molecule has 2 N–H and O–H groups in total. The lowest BCUT2D eigenvalue weighted by Gasteiger charge is -2.32. The molecule has 0 spiro atoms. The van der Waals surface area contributed by atoms with Crippen molar-refractivity contribution in [3.63, 3.8) is 0 Å². The van der Waals surface area contributed by atoms with Crippen LogP contribution in [0.25, 0.3) is 22.1 Å². The number of anilines is 1. The Hall–Kier alpha value is -3.98. The monoisotopic (exact) mass is 678 g/mol. The molecule has 0 radical (unpaired) electrons. The second-order valence-electron chi connectivity index (χ2n) is 12.8. The van der Waals surface area contributed by atoms with E-state index in [-0.39, 0.29) is 18.0 Å². The molecule has 2 amide bonds. The second-order valence-corrected chi connectivity index (χ2v) is 13.2. The molecule has 1 aliphatic heterocycles. The zero-order chi connectivity index (χ0) is 34.5. The molecule has 0 unspecified atom stereocenters. The number of halogens is 1. The van der Waals surface area contributed by atoms with Crippen LogP contribution in [0.2, 0.25) is 5.02 Å². The van der Waals surface area contributed by atoms with Gasteiger partial charge in [-0.25, -0.2) is 4.79 Å². The largest absolute Gasteiger partial charge is 0.481 e. The summed E-state index contributed by atoms with van der Waals surface area (Å²) in [6, 6.07) is 11.2. The molecule has 1 saturated heterocycles. The SMILES string of the molecule is CCCCCCCCCCCCCC(=O)Nc1ccc(-c2cc(=O)oc3cc([C@H](C=O)C(=O)N4CCC[C@H](C(=O)O)C4)ccc23)c(Cl)c1. The van der Waals surface area contributed by atoms with Crippen molar-refractivity contribution in [2.75, 3.05) is 18.4 Å². The van der Waals surface area contributed by atoms with Crippen molar-refractivity contribution < 1.29 is 28.7 Å². The summed E-state index contributed by atoms with van der Waals surface area (Å²) in [5.41, 5.74) is 1.50. The Labute approximate surface area is 287 Å². The number of likely N-dealkylation sites (tertiary alicyclic amines) is 1. The summed E-state index contributed by atoms with van der Waals surface area (Å²) in [6.45, 7) is 2.64. The Balaban J connectivity index is 1.36. The minimum Gasteiger partial charge on any atom is -0.481 e. The quantitative estimate of drug-likeness (QED) is 0.0597. The summed E-state index contributed by atoms with van der Waals surface area (Å²) < 4.78 is 5.47. The highest BCUT2D eigenvalue weighted by Gasteiger charge is 2.32. The molecule has 10 heteroatoms. The third-order valence-corrected chi connectivity index (χ3v) is 9.48. The minimum atomic E-state index is -1.17. The fourth-order valence-electron chi connectivity index (χ4n) is 6.44. The Morgan fingerprint density at radius 2 is 1.65 bits per heavy atom. The minimum absolute atomic E-state index is 0.0413. The zero-order valence-corrected chi connectivity index (χ0v) is 28.6. The summed E-state index contributed by atoms with van der Waals surface area (Å²) in [5.74, 6) is -3.38. The number of carbonyl (C=O) groups excluding carboxylic acids is 3. The highest BCUT2D eigenvalue weighted by Crippen LogP contribution is 2.35. The van der Waals surface area contributed by atoms with Gasteiger partial charge in [-0.3, -0.25) is 14.4 Å². The van der Waals surface area contributed by atoms with Crippen molar-refractivity contribution in [3.05, 3.63) is 63.5 Å². The Bertz CT molecular complexity index is 1640. The van der Waals surface area contributed by atoms with Crippen LogP contribution in [-0.4, -0.2) is 47.2 Å². The maximum absolute atomic E-state index is 13.3. The van der Waals surface area contributed by atoms with E-state index >= 15 is 0 Å². The molecule has 48 heavy (non-hydrogen) atoms. The number of aldehydes is 1. The van der Waals surface area contributed by atoms with E-state index in [4.69, 9.17) is 16.0 Å². The Morgan fingerprint density at radius 3 is 2.29 bits per heavy atom. The van der Waals surface area contributed by atoms with E-state index in [0.29, 0.717) is 64.9 Å². The molecular weight excluding hydrogens is 632 g/mol. The highest BCUT2D eigenvalue weighted by molar-refractivity contribution is 6.34. The van der Waals surface area contributed by atoms with Crippen LogP contribution in [0.3, 0.4) is 0 Å². The molecular formula is C38H47ClN2O7. The molecule has 2 heterocycles. The summed E-state index contributed by atoms with van der Waals surface area (Å²) >= 11 is 6.67. The molecule has 9 nitrogen and oxygen atoms in total. The predicted octanol–water partition coefficient (Wildman–Crippen LogP) is 8.36. The number of piperidine rings is 1. The predicted molar refractivity (Wildman–Crippen MR) is 188 cm³/mol. The van der Waals surface area contributed by atoms with Crippen LogP contribution in [-0.2, 0) is 19.2 Å². The van der Waals surface area contributed by atoms with Gasteiger partial charge >= 0.3 is 11.6 Å². The van der Waals surface area contributed by atoms with Crippen LogP contribution in [0.15, 0.2) is 51.7 Å². The maximum atomic E-state index is 13.3. The summed E-state index contributed by atoms with van der Waals surface area (Å²) in [5, 5.41) is 13.2. The number of hydrogen-bond acceptors (Lipinski definition) is 6. The molecule has 0 bridgehead atoms. The first-order chi connectivity index (χ1) is 23.2. The number of benzene rings is 2. The first kappa shape index (κ1) is 36.8. The molecule has 0 saturated carbocycles. The number of aliphatic carboxylic acids is 1. The van der Waals surface area contributed by atoms with Crippen LogP contribution < -0.4 is 10.9 Å². The van der Waals surface area contributed by atoms with Gasteiger partial charge in [0.05, 0.1) is 10.9 Å². The highest BCUT2D eigenvalue weighted by atomic mass is 35.5. The molecule has 1 fully saturated rings. The summed E-state index contributed by atoms with van der Waals surface area (Å²) in [7, 11) is 0. The topological polar surface area (TPSA) is 134 Å². The molecule has 0 aliphatic carbocycles. The van der Waals surface area contributed by atoms with Gasteiger partial charge < -0.3 is 24.5 Å². The fourth-order valence-corrected chi connectivity index (χ4v) is 6.72. The third kappa shape index (κ3) is 10.3. The van der Waals surface area contributed by atoms with E-state index in [1.54, 1.807) is 30.3 Å². The van der Waals surface area contributed by atoms with Gasteiger partial charge in [0, 0.05) is 47.8 Å². The van der Waals surface area contributed by atoms with Gasteiger partial charge in [-0.15, -0.1) is 0 Å². The van der Waals surface area contributed by atoms with E-state index < -0.39 is 29.3 Å². The summed E-state index contributed by atoms with van der Waals surface area (Å²) in [6.07, 6.45) is 15.3. The number of carboxylic acid groups (broad SMARTS) is 1. The van der Waals surface area contributed by atoms with Gasteiger partial charge in [0.2, 0.25) is 11.8 Å². The third-order valence-electron chi connectivity index (χ3n) is 9.16. The van der Waals surface area contributed by atoms with Crippen LogP contribution in [0.1, 0.15) is 108 Å². The molecule has 1 aromatic heterocycles. The van der Waals surface area contributed by atoms with E-state index in [0.717, 1.165) is 19.3 Å².